The fourth-order valence-electron chi connectivity index (χ4n) is 4.29. The Morgan fingerprint density at radius 2 is 1.86 bits per heavy atom. The molecule has 0 unspecified atom stereocenters. The summed E-state index contributed by atoms with van der Waals surface area (Å²) in [6.45, 7) is 3.85. The molecule has 2 N–H and O–H groups in total. The minimum Gasteiger partial charge on any atom is -0.455 e. The van der Waals surface area contributed by atoms with Crippen molar-refractivity contribution in [3.8, 4) is 0 Å². The topological polar surface area (TPSA) is 83.7 Å². The first-order valence-corrected chi connectivity index (χ1v) is 10.4. The van der Waals surface area contributed by atoms with Gasteiger partial charge in [0, 0.05) is 29.2 Å². The molecule has 2 aliphatic carbocycles. The molecular formula is C23H27N3O3. The number of benzene rings is 1. The van der Waals surface area contributed by atoms with Crippen molar-refractivity contribution in [1.29, 1.82) is 0 Å². The summed E-state index contributed by atoms with van der Waals surface area (Å²) in [4.78, 5) is 25.2. The van der Waals surface area contributed by atoms with Crippen LogP contribution in [0.25, 0.3) is 0 Å². The Morgan fingerprint density at radius 1 is 1.07 bits per heavy atom. The van der Waals surface area contributed by atoms with Crippen LogP contribution in [0.4, 0.5) is 0 Å². The second kappa shape index (κ2) is 8.23. The molecule has 0 aliphatic heterocycles. The van der Waals surface area contributed by atoms with Crippen molar-refractivity contribution >= 4 is 17.5 Å². The number of nitrogens with one attached hydrogen (secondary N) is 2. The number of furan rings is 1. The highest BCUT2D eigenvalue weighted by atomic mass is 16.4. The maximum atomic E-state index is 12.7. The standard InChI is InChI=1S/C23H27N3O3/c1-14-7-5-8-16(13-14)22(27)26-25-18-11-6-12-19-20(18)15(2)21(29-19)23(28)24-17-9-3-4-10-17/h5,7-8,13,17H,3-4,6,9-12H2,1-2H3,(H,24,28)(H,26,27)/b25-18+. The van der Waals surface area contributed by atoms with Gasteiger partial charge in [0.25, 0.3) is 11.8 Å². The van der Waals surface area contributed by atoms with Crippen molar-refractivity contribution in [3.63, 3.8) is 0 Å². The Kier molecular flexibility index (Phi) is 5.51. The number of amides is 2. The van der Waals surface area contributed by atoms with Crippen LogP contribution in [0.5, 0.6) is 0 Å². The lowest BCUT2D eigenvalue weighted by Crippen LogP contribution is -2.32. The molecule has 1 fully saturated rings. The molecule has 6 nitrogen and oxygen atoms in total. The van der Waals surface area contributed by atoms with E-state index >= 15 is 0 Å². The normalized spacial score (nSPS) is 17.9. The average Bonchev–Trinajstić information content (AvgIpc) is 3.34. The molecule has 0 atom stereocenters. The Hall–Kier alpha value is -2.89. The van der Waals surface area contributed by atoms with Crippen LogP contribution in [0.1, 0.15) is 81.9 Å². The van der Waals surface area contributed by atoms with Gasteiger partial charge >= 0.3 is 0 Å². The zero-order valence-corrected chi connectivity index (χ0v) is 17.0. The fraction of sp³-hybridized carbons (Fsp3) is 0.435. The highest BCUT2D eigenvalue weighted by Crippen LogP contribution is 2.30. The molecule has 1 heterocycles. The van der Waals surface area contributed by atoms with E-state index in [0.717, 1.165) is 73.1 Å². The smallest absolute Gasteiger partial charge is 0.287 e. The average molecular weight is 393 g/mol. The molecule has 152 valence electrons. The van der Waals surface area contributed by atoms with E-state index in [1.165, 1.54) is 0 Å². The van der Waals surface area contributed by atoms with Gasteiger partial charge in [-0.1, -0.05) is 30.5 Å². The molecule has 1 saturated carbocycles. The number of carbonyl (C=O) groups excluding carboxylic acids is 2. The maximum Gasteiger partial charge on any atom is 0.287 e. The van der Waals surface area contributed by atoms with E-state index < -0.39 is 0 Å². The number of carbonyl (C=O) groups is 2. The highest BCUT2D eigenvalue weighted by Gasteiger charge is 2.29. The van der Waals surface area contributed by atoms with Gasteiger partial charge in [0.2, 0.25) is 0 Å². The van der Waals surface area contributed by atoms with Gasteiger partial charge in [-0.2, -0.15) is 5.10 Å². The predicted molar refractivity (Wildman–Crippen MR) is 111 cm³/mol. The van der Waals surface area contributed by atoms with Gasteiger partial charge in [-0.05, 0) is 51.7 Å². The number of hydrazone groups is 1. The molecule has 2 amide bonds. The SMILES string of the molecule is Cc1cccc(C(=O)N/N=C2\CCCc3oc(C(=O)NC4CCCC4)c(C)c32)c1. The summed E-state index contributed by atoms with van der Waals surface area (Å²) in [6, 6.07) is 7.64. The van der Waals surface area contributed by atoms with Gasteiger partial charge in [0.1, 0.15) is 5.76 Å². The third-order valence-corrected chi connectivity index (χ3v) is 5.79. The summed E-state index contributed by atoms with van der Waals surface area (Å²) >= 11 is 0. The molecule has 4 rings (SSSR count). The van der Waals surface area contributed by atoms with Crippen LogP contribution in [-0.4, -0.2) is 23.6 Å². The molecule has 29 heavy (non-hydrogen) atoms. The quantitative estimate of drug-likeness (QED) is 0.769. The summed E-state index contributed by atoms with van der Waals surface area (Å²) in [5.41, 5.74) is 6.71. The largest absolute Gasteiger partial charge is 0.455 e. The van der Waals surface area contributed by atoms with E-state index in [0.29, 0.717) is 11.3 Å². The van der Waals surface area contributed by atoms with Gasteiger partial charge in [0.05, 0.1) is 5.71 Å². The summed E-state index contributed by atoms with van der Waals surface area (Å²) < 4.78 is 5.94. The minimum absolute atomic E-state index is 0.146. The number of hydrogen-bond acceptors (Lipinski definition) is 4. The first-order valence-electron chi connectivity index (χ1n) is 10.4. The number of hydrogen-bond donors (Lipinski definition) is 2. The van der Waals surface area contributed by atoms with E-state index in [-0.39, 0.29) is 17.9 Å². The number of rotatable bonds is 4. The Morgan fingerprint density at radius 3 is 2.62 bits per heavy atom. The summed E-state index contributed by atoms with van der Waals surface area (Å²) in [6.07, 6.45) is 6.78. The Bertz CT molecular complexity index is 968. The van der Waals surface area contributed by atoms with E-state index in [1.807, 2.05) is 32.0 Å². The second-order valence-corrected chi connectivity index (χ2v) is 8.03. The van der Waals surface area contributed by atoms with Crippen molar-refractivity contribution in [2.75, 3.05) is 0 Å². The molecule has 0 saturated heterocycles. The van der Waals surface area contributed by atoms with Gasteiger partial charge in [-0.15, -0.1) is 0 Å². The van der Waals surface area contributed by atoms with Crippen LogP contribution in [0.3, 0.4) is 0 Å². The zero-order chi connectivity index (χ0) is 20.4. The molecule has 1 aromatic carbocycles. The Labute approximate surface area is 170 Å². The monoisotopic (exact) mass is 393 g/mol. The van der Waals surface area contributed by atoms with Crippen LogP contribution in [-0.2, 0) is 6.42 Å². The van der Waals surface area contributed by atoms with Crippen molar-refractivity contribution in [3.05, 3.63) is 58.0 Å². The molecule has 0 bridgehead atoms. The Balaban J connectivity index is 1.54. The summed E-state index contributed by atoms with van der Waals surface area (Å²) in [5.74, 6) is 0.774. The molecule has 2 aliphatic rings. The van der Waals surface area contributed by atoms with Crippen LogP contribution in [0, 0.1) is 13.8 Å². The molecule has 2 aromatic rings. The highest BCUT2D eigenvalue weighted by molar-refractivity contribution is 6.07. The van der Waals surface area contributed by atoms with E-state index in [4.69, 9.17) is 4.42 Å². The van der Waals surface area contributed by atoms with Crippen LogP contribution >= 0.6 is 0 Å². The van der Waals surface area contributed by atoms with Crippen molar-refractivity contribution < 1.29 is 14.0 Å². The van der Waals surface area contributed by atoms with Gasteiger partial charge in [-0.3, -0.25) is 9.59 Å². The van der Waals surface area contributed by atoms with Crippen LogP contribution < -0.4 is 10.7 Å². The van der Waals surface area contributed by atoms with Gasteiger partial charge < -0.3 is 9.73 Å². The lowest BCUT2D eigenvalue weighted by molar-refractivity contribution is 0.0906. The van der Waals surface area contributed by atoms with Gasteiger partial charge in [-0.25, -0.2) is 5.43 Å². The zero-order valence-electron chi connectivity index (χ0n) is 17.0. The molecule has 6 heteroatoms. The van der Waals surface area contributed by atoms with Gasteiger partial charge in [0.15, 0.2) is 5.76 Å². The summed E-state index contributed by atoms with van der Waals surface area (Å²) in [7, 11) is 0. The lowest BCUT2D eigenvalue weighted by atomic mass is 9.93. The van der Waals surface area contributed by atoms with Crippen molar-refractivity contribution in [2.45, 2.75) is 64.8 Å². The first-order chi connectivity index (χ1) is 14.0. The molecular weight excluding hydrogens is 366 g/mol. The molecule has 0 spiro atoms. The van der Waals surface area contributed by atoms with Crippen molar-refractivity contribution in [1.82, 2.24) is 10.7 Å². The molecule has 0 radical (unpaired) electrons. The number of fused-ring (bicyclic) bond motifs is 1. The lowest BCUT2D eigenvalue weighted by Gasteiger charge is -2.13. The van der Waals surface area contributed by atoms with Crippen LogP contribution in [0.2, 0.25) is 0 Å². The van der Waals surface area contributed by atoms with E-state index in [1.54, 1.807) is 6.07 Å². The third kappa shape index (κ3) is 4.11. The predicted octanol–water partition coefficient (Wildman–Crippen LogP) is 4.04. The third-order valence-electron chi connectivity index (χ3n) is 5.79. The number of aryl methyl sites for hydroxylation is 2. The van der Waals surface area contributed by atoms with E-state index in [9.17, 15) is 9.59 Å². The first kappa shape index (κ1) is 19.4. The van der Waals surface area contributed by atoms with E-state index in [2.05, 4.69) is 15.8 Å². The fourth-order valence-corrected chi connectivity index (χ4v) is 4.29. The van der Waals surface area contributed by atoms with Crippen molar-refractivity contribution in [2.24, 2.45) is 5.10 Å². The minimum atomic E-state index is -0.242. The number of nitrogens with zero attached hydrogens (tertiary/aromatic N) is 1. The summed E-state index contributed by atoms with van der Waals surface area (Å²) in [5, 5.41) is 7.49. The maximum absolute atomic E-state index is 12.7. The van der Waals surface area contributed by atoms with Crippen LogP contribution in [0.15, 0.2) is 33.8 Å². The second-order valence-electron chi connectivity index (χ2n) is 8.03. The molecule has 1 aromatic heterocycles.